The average molecular weight is 616 g/mol. The predicted molar refractivity (Wildman–Crippen MR) is 145 cm³/mol. The first-order valence-electron chi connectivity index (χ1n) is 13.0. The van der Waals surface area contributed by atoms with Gasteiger partial charge in [-0.25, -0.2) is 8.42 Å². The first-order chi connectivity index (χ1) is 19.7. The van der Waals surface area contributed by atoms with Crippen LogP contribution in [0.3, 0.4) is 0 Å². The van der Waals surface area contributed by atoms with Crippen molar-refractivity contribution >= 4 is 27.5 Å². The molecular formula is C27H32F3N3O8S. The summed E-state index contributed by atoms with van der Waals surface area (Å²) in [4.78, 5) is 30.2. The molecule has 0 aromatic heterocycles. The molecule has 2 aromatic carbocycles. The minimum atomic E-state index is -4.95. The molecule has 230 valence electrons. The SMILES string of the molecule is CO[C@@H]1CN(C)C(=O)c2cc(NS(=O)(=O)CC(F)(F)F)ccc2OC[C@@H](C)N(C(=O)c2ccc3c(c2)OCO3)C[C@@H]1C. The lowest BCUT2D eigenvalue weighted by Crippen LogP contribution is -2.48. The number of rotatable bonds is 5. The zero-order valence-electron chi connectivity index (χ0n) is 23.4. The predicted octanol–water partition coefficient (Wildman–Crippen LogP) is 3.37. The van der Waals surface area contributed by atoms with E-state index < -0.39 is 40.0 Å². The summed E-state index contributed by atoms with van der Waals surface area (Å²) in [6, 6.07) is 8.02. The Kier molecular flexibility index (Phi) is 9.11. The highest BCUT2D eigenvalue weighted by molar-refractivity contribution is 7.92. The Hall–Kier alpha value is -3.72. The molecule has 11 nitrogen and oxygen atoms in total. The number of methoxy groups -OCH3 is 1. The second-order valence-corrected chi connectivity index (χ2v) is 12.0. The molecule has 2 heterocycles. The zero-order valence-corrected chi connectivity index (χ0v) is 24.3. The fraction of sp³-hybridized carbons (Fsp3) is 0.481. The lowest BCUT2D eigenvalue weighted by Gasteiger charge is -2.36. The van der Waals surface area contributed by atoms with Gasteiger partial charge < -0.3 is 28.7 Å². The third-order valence-electron chi connectivity index (χ3n) is 6.95. The van der Waals surface area contributed by atoms with Crippen molar-refractivity contribution in [2.45, 2.75) is 32.2 Å². The highest BCUT2D eigenvalue weighted by Gasteiger charge is 2.36. The van der Waals surface area contributed by atoms with Crippen LogP contribution in [0.5, 0.6) is 17.2 Å². The van der Waals surface area contributed by atoms with Crippen LogP contribution in [-0.4, -0.2) is 94.8 Å². The normalized spacial score (nSPS) is 21.6. The topological polar surface area (TPSA) is 124 Å². The van der Waals surface area contributed by atoms with E-state index in [0.29, 0.717) is 17.1 Å². The Morgan fingerprint density at radius 1 is 1.05 bits per heavy atom. The van der Waals surface area contributed by atoms with Crippen molar-refractivity contribution in [3.8, 4) is 17.2 Å². The third-order valence-corrected chi connectivity index (χ3v) is 8.21. The molecule has 2 aromatic rings. The molecule has 2 amide bonds. The Balaban J connectivity index is 1.66. The summed E-state index contributed by atoms with van der Waals surface area (Å²) in [6.07, 6.45) is -5.46. The summed E-state index contributed by atoms with van der Waals surface area (Å²) < 4.78 is 86.6. The molecule has 0 saturated heterocycles. The standard InChI is InChI=1S/C27H32F3N3O8S/c1-16-11-33(25(34)18-5-7-22-23(9-18)41-15-40-22)17(2)13-39-21-8-6-19(31-42(36,37)14-27(28,29)30)10-20(21)26(35)32(3)12-24(16)38-4/h5-10,16-17,24,31H,11-15H2,1-4H3/t16-,17+,24+/m0/s1. The molecule has 2 aliphatic rings. The van der Waals surface area contributed by atoms with E-state index in [1.807, 2.05) is 11.6 Å². The number of fused-ring (bicyclic) bond motifs is 2. The van der Waals surface area contributed by atoms with Gasteiger partial charge in [0.25, 0.3) is 11.8 Å². The van der Waals surface area contributed by atoms with Gasteiger partial charge in [0, 0.05) is 44.4 Å². The molecule has 15 heteroatoms. The zero-order chi connectivity index (χ0) is 30.8. The smallest absolute Gasteiger partial charge is 0.404 e. The van der Waals surface area contributed by atoms with Gasteiger partial charge in [0.1, 0.15) is 12.4 Å². The van der Waals surface area contributed by atoms with Crippen LogP contribution in [0.4, 0.5) is 18.9 Å². The quantitative estimate of drug-likeness (QED) is 0.543. The molecular weight excluding hydrogens is 583 g/mol. The van der Waals surface area contributed by atoms with Crippen LogP contribution in [0.15, 0.2) is 36.4 Å². The number of nitrogens with one attached hydrogen (secondary N) is 1. The molecule has 0 radical (unpaired) electrons. The van der Waals surface area contributed by atoms with E-state index in [-0.39, 0.29) is 55.3 Å². The first kappa shape index (κ1) is 31.2. The van der Waals surface area contributed by atoms with Crippen molar-refractivity contribution in [2.24, 2.45) is 5.92 Å². The maximum Gasteiger partial charge on any atom is 0.404 e. The van der Waals surface area contributed by atoms with Crippen molar-refractivity contribution < 1.29 is 50.1 Å². The molecule has 42 heavy (non-hydrogen) atoms. The van der Waals surface area contributed by atoms with Gasteiger partial charge in [0.05, 0.1) is 17.7 Å². The molecule has 3 atom stereocenters. The van der Waals surface area contributed by atoms with E-state index in [1.165, 1.54) is 31.2 Å². The number of nitrogens with zero attached hydrogens (tertiary/aromatic N) is 2. The number of carbonyl (C=O) groups excluding carboxylic acids is 2. The number of carbonyl (C=O) groups is 2. The lowest BCUT2D eigenvalue weighted by atomic mass is 10.0. The van der Waals surface area contributed by atoms with Gasteiger partial charge in [-0.05, 0) is 43.3 Å². The van der Waals surface area contributed by atoms with Gasteiger partial charge in [0.2, 0.25) is 16.8 Å². The van der Waals surface area contributed by atoms with Crippen LogP contribution < -0.4 is 18.9 Å². The maximum absolute atomic E-state index is 13.7. The maximum atomic E-state index is 13.7. The fourth-order valence-corrected chi connectivity index (χ4v) is 5.74. The summed E-state index contributed by atoms with van der Waals surface area (Å²) in [5.74, 6) is -2.12. The average Bonchev–Trinajstić information content (AvgIpc) is 3.38. The molecule has 0 unspecified atom stereocenters. The van der Waals surface area contributed by atoms with Gasteiger partial charge in [-0.2, -0.15) is 13.2 Å². The van der Waals surface area contributed by atoms with Crippen molar-refractivity contribution in [3.05, 3.63) is 47.5 Å². The van der Waals surface area contributed by atoms with Crippen LogP contribution >= 0.6 is 0 Å². The number of anilines is 1. The van der Waals surface area contributed by atoms with E-state index in [4.69, 9.17) is 18.9 Å². The number of halogens is 3. The van der Waals surface area contributed by atoms with E-state index in [9.17, 15) is 31.2 Å². The Morgan fingerprint density at radius 2 is 1.74 bits per heavy atom. The summed E-state index contributed by atoms with van der Waals surface area (Å²) in [6.45, 7) is 4.03. The molecule has 0 spiro atoms. The lowest BCUT2D eigenvalue weighted by molar-refractivity contribution is -0.106. The summed E-state index contributed by atoms with van der Waals surface area (Å²) >= 11 is 0. The molecule has 0 bridgehead atoms. The summed E-state index contributed by atoms with van der Waals surface area (Å²) in [5.41, 5.74) is 0.0660. The fourth-order valence-electron chi connectivity index (χ4n) is 4.75. The second-order valence-electron chi connectivity index (χ2n) is 10.3. The highest BCUT2D eigenvalue weighted by atomic mass is 32.2. The summed E-state index contributed by atoms with van der Waals surface area (Å²) in [5, 5.41) is 0. The number of hydrogen-bond donors (Lipinski definition) is 1. The van der Waals surface area contributed by atoms with Crippen molar-refractivity contribution in [2.75, 3.05) is 51.1 Å². The van der Waals surface area contributed by atoms with Crippen LogP contribution in [-0.2, 0) is 14.8 Å². The van der Waals surface area contributed by atoms with Gasteiger partial charge in [-0.15, -0.1) is 0 Å². The number of alkyl halides is 3. The van der Waals surface area contributed by atoms with E-state index in [0.717, 1.165) is 6.07 Å². The van der Waals surface area contributed by atoms with E-state index in [1.54, 1.807) is 30.0 Å². The van der Waals surface area contributed by atoms with Crippen molar-refractivity contribution in [1.82, 2.24) is 9.80 Å². The van der Waals surface area contributed by atoms with Gasteiger partial charge in [-0.1, -0.05) is 6.92 Å². The Morgan fingerprint density at radius 3 is 2.43 bits per heavy atom. The number of likely N-dealkylation sites (N-methyl/N-ethyl adjacent to an activating group) is 1. The molecule has 1 N–H and O–H groups in total. The van der Waals surface area contributed by atoms with Gasteiger partial charge in [0.15, 0.2) is 17.3 Å². The van der Waals surface area contributed by atoms with Crippen LogP contribution in [0.1, 0.15) is 34.6 Å². The molecule has 0 aliphatic carbocycles. The van der Waals surface area contributed by atoms with Crippen LogP contribution in [0, 0.1) is 5.92 Å². The summed E-state index contributed by atoms with van der Waals surface area (Å²) in [7, 11) is -1.79. The van der Waals surface area contributed by atoms with E-state index >= 15 is 0 Å². The second kappa shape index (κ2) is 12.3. The van der Waals surface area contributed by atoms with Crippen molar-refractivity contribution in [1.29, 1.82) is 0 Å². The van der Waals surface area contributed by atoms with Crippen molar-refractivity contribution in [3.63, 3.8) is 0 Å². The monoisotopic (exact) mass is 615 g/mol. The highest BCUT2D eigenvalue weighted by Crippen LogP contribution is 2.33. The molecule has 0 saturated carbocycles. The molecule has 4 rings (SSSR count). The minimum absolute atomic E-state index is 0.0518. The van der Waals surface area contributed by atoms with E-state index in [2.05, 4.69) is 0 Å². The Bertz CT molecular complexity index is 1440. The molecule has 0 fully saturated rings. The molecule has 2 aliphatic heterocycles. The third kappa shape index (κ3) is 7.37. The number of hydrogen-bond acceptors (Lipinski definition) is 8. The number of ether oxygens (including phenoxy) is 4. The Labute approximate surface area is 241 Å². The van der Waals surface area contributed by atoms with Crippen LogP contribution in [0.25, 0.3) is 0 Å². The van der Waals surface area contributed by atoms with Crippen LogP contribution in [0.2, 0.25) is 0 Å². The number of amides is 2. The number of sulfonamides is 1. The number of benzene rings is 2. The minimum Gasteiger partial charge on any atom is -0.491 e. The largest absolute Gasteiger partial charge is 0.491 e. The van der Waals surface area contributed by atoms with Gasteiger partial charge in [-0.3, -0.25) is 14.3 Å². The van der Waals surface area contributed by atoms with Gasteiger partial charge >= 0.3 is 6.18 Å². The first-order valence-corrected chi connectivity index (χ1v) is 14.7.